The van der Waals surface area contributed by atoms with Gasteiger partial charge in [0.05, 0.1) is 0 Å². The Labute approximate surface area is 100.0 Å². The van der Waals surface area contributed by atoms with Gasteiger partial charge in [0, 0.05) is 13.1 Å². The lowest BCUT2D eigenvalue weighted by atomic mass is 10.3. The number of hydrogen-bond acceptors (Lipinski definition) is 4. The highest BCUT2D eigenvalue weighted by atomic mass is 32.2. The van der Waals surface area contributed by atoms with Crippen molar-refractivity contribution < 1.29 is 22.2 Å². The van der Waals surface area contributed by atoms with Crippen molar-refractivity contribution in [2.45, 2.75) is 25.4 Å². The van der Waals surface area contributed by atoms with Crippen molar-refractivity contribution in [3.8, 4) is 0 Å². The standard InChI is InChI=1S/C10H15NO5S/c1-3-7-11(4-2)10(12)8-5-6-9(16-8)17(13,14)15/h5-6H,3-4,7H2,1-2H3,(H,13,14,15). The van der Waals surface area contributed by atoms with E-state index in [1.165, 1.54) is 11.0 Å². The van der Waals surface area contributed by atoms with E-state index < -0.39 is 15.2 Å². The van der Waals surface area contributed by atoms with Crippen LogP contribution in [0.4, 0.5) is 0 Å². The molecule has 7 heteroatoms. The second-order valence-corrected chi connectivity index (χ2v) is 4.83. The van der Waals surface area contributed by atoms with E-state index in [2.05, 4.69) is 0 Å². The Morgan fingerprint density at radius 1 is 1.41 bits per heavy atom. The third kappa shape index (κ3) is 3.31. The minimum atomic E-state index is -4.40. The SMILES string of the molecule is CCCN(CC)C(=O)c1ccc(S(=O)(=O)O)o1. The van der Waals surface area contributed by atoms with Gasteiger partial charge in [-0.1, -0.05) is 6.92 Å². The summed E-state index contributed by atoms with van der Waals surface area (Å²) in [5.41, 5.74) is 0. The predicted octanol–water partition coefficient (Wildman–Crippen LogP) is 1.40. The fourth-order valence-electron chi connectivity index (χ4n) is 1.40. The molecule has 0 atom stereocenters. The molecule has 0 aliphatic heterocycles. The van der Waals surface area contributed by atoms with E-state index in [1.54, 1.807) is 0 Å². The normalized spacial score (nSPS) is 11.5. The zero-order valence-corrected chi connectivity index (χ0v) is 10.5. The molecule has 0 unspecified atom stereocenters. The molecule has 0 saturated heterocycles. The lowest BCUT2D eigenvalue weighted by molar-refractivity contribution is 0.0726. The van der Waals surface area contributed by atoms with Crippen LogP contribution in [0.15, 0.2) is 21.6 Å². The Kier molecular flexibility index (Phi) is 4.30. The van der Waals surface area contributed by atoms with Gasteiger partial charge in [-0.2, -0.15) is 8.42 Å². The van der Waals surface area contributed by atoms with Crippen LogP contribution in [0.25, 0.3) is 0 Å². The maximum atomic E-state index is 11.9. The van der Waals surface area contributed by atoms with Gasteiger partial charge >= 0.3 is 10.1 Å². The van der Waals surface area contributed by atoms with Crippen molar-refractivity contribution >= 4 is 16.0 Å². The van der Waals surface area contributed by atoms with E-state index in [0.29, 0.717) is 13.1 Å². The first-order valence-electron chi connectivity index (χ1n) is 5.26. The van der Waals surface area contributed by atoms with Gasteiger partial charge in [-0.3, -0.25) is 9.35 Å². The lowest BCUT2D eigenvalue weighted by Gasteiger charge is -2.18. The Morgan fingerprint density at radius 3 is 2.47 bits per heavy atom. The van der Waals surface area contributed by atoms with Gasteiger partial charge < -0.3 is 9.32 Å². The largest absolute Gasteiger partial charge is 0.437 e. The predicted molar refractivity (Wildman–Crippen MR) is 60.4 cm³/mol. The minimum Gasteiger partial charge on any atom is -0.437 e. The van der Waals surface area contributed by atoms with Crippen LogP contribution in [0, 0.1) is 0 Å². The van der Waals surface area contributed by atoms with Gasteiger partial charge in [-0.25, -0.2) is 0 Å². The third-order valence-corrected chi connectivity index (χ3v) is 2.94. The summed E-state index contributed by atoms with van der Waals surface area (Å²) in [4.78, 5) is 13.4. The van der Waals surface area contributed by atoms with E-state index >= 15 is 0 Å². The quantitative estimate of drug-likeness (QED) is 0.809. The number of carbonyl (C=O) groups excluding carboxylic acids is 1. The Bertz CT molecular complexity index is 491. The number of nitrogens with zero attached hydrogens (tertiary/aromatic N) is 1. The van der Waals surface area contributed by atoms with Crippen LogP contribution in [0.2, 0.25) is 0 Å². The molecule has 0 bridgehead atoms. The topological polar surface area (TPSA) is 87.8 Å². The van der Waals surface area contributed by atoms with E-state index in [0.717, 1.165) is 12.5 Å². The summed E-state index contributed by atoms with van der Waals surface area (Å²) in [5, 5.41) is -0.617. The second kappa shape index (κ2) is 5.33. The van der Waals surface area contributed by atoms with Crippen LogP contribution in [0.3, 0.4) is 0 Å². The van der Waals surface area contributed by atoms with Gasteiger partial charge in [-0.05, 0) is 25.5 Å². The Morgan fingerprint density at radius 2 is 2.06 bits per heavy atom. The molecule has 1 rings (SSSR count). The summed E-state index contributed by atoms with van der Waals surface area (Å²) < 4.78 is 35.1. The summed E-state index contributed by atoms with van der Waals surface area (Å²) in [7, 11) is -4.40. The zero-order chi connectivity index (χ0) is 13.1. The molecule has 1 heterocycles. The average molecular weight is 261 g/mol. The molecule has 0 aromatic carbocycles. The summed E-state index contributed by atoms with van der Waals surface area (Å²) in [5.74, 6) is -0.475. The van der Waals surface area contributed by atoms with Crippen molar-refractivity contribution in [3.05, 3.63) is 17.9 Å². The van der Waals surface area contributed by atoms with Crippen LogP contribution in [-0.2, 0) is 10.1 Å². The first kappa shape index (κ1) is 13.7. The van der Waals surface area contributed by atoms with Crippen LogP contribution >= 0.6 is 0 Å². The van der Waals surface area contributed by atoms with Gasteiger partial charge in [0.15, 0.2) is 5.76 Å². The highest BCUT2D eigenvalue weighted by molar-refractivity contribution is 7.85. The average Bonchev–Trinajstić information content (AvgIpc) is 2.73. The molecule has 0 aliphatic rings. The summed E-state index contributed by atoms with van der Waals surface area (Å²) in [6, 6.07) is 2.30. The smallest absolute Gasteiger partial charge is 0.328 e. The molecule has 96 valence electrons. The maximum Gasteiger partial charge on any atom is 0.328 e. The molecule has 0 aliphatic carbocycles. The summed E-state index contributed by atoms with van der Waals surface area (Å²) >= 11 is 0. The first-order valence-corrected chi connectivity index (χ1v) is 6.70. The number of furan rings is 1. The monoisotopic (exact) mass is 261 g/mol. The van der Waals surface area contributed by atoms with E-state index in [4.69, 9.17) is 8.97 Å². The number of amides is 1. The molecule has 0 fully saturated rings. The molecule has 0 saturated carbocycles. The molecule has 17 heavy (non-hydrogen) atoms. The van der Waals surface area contributed by atoms with E-state index in [9.17, 15) is 13.2 Å². The molecule has 1 aromatic rings. The van der Waals surface area contributed by atoms with E-state index in [1.807, 2.05) is 13.8 Å². The zero-order valence-electron chi connectivity index (χ0n) is 9.71. The first-order chi connectivity index (χ1) is 7.90. The van der Waals surface area contributed by atoms with Crippen LogP contribution < -0.4 is 0 Å². The third-order valence-electron chi connectivity index (χ3n) is 2.21. The van der Waals surface area contributed by atoms with Gasteiger partial charge in [-0.15, -0.1) is 0 Å². The van der Waals surface area contributed by atoms with E-state index in [-0.39, 0.29) is 11.7 Å². The summed E-state index contributed by atoms with van der Waals surface area (Å²) in [6.45, 7) is 4.83. The fraction of sp³-hybridized carbons (Fsp3) is 0.500. The Balaban J connectivity index is 2.94. The van der Waals surface area contributed by atoms with Crippen molar-refractivity contribution in [1.29, 1.82) is 0 Å². The molecule has 1 amide bonds. The fourth-order valence-corrected chi connectivity index (χ4v) is 1.84. The molecule has 1 N–H and O–H groups in total. The minimum absolute atomic E-state index is 0.0899. The molecular weight excluding hydrogens is 246 g/mol. The van der Waals surface area contributed by atoms with Gasteiger partial charge in [0.25, 0.3) is 5.91 Å². The lowest BCUT2D eigenvalue weighted by Crippen LogP contribution is -2.31. The highest BCUT2D eigenvalue weighted by Gasteiger charge is 2.21. The highest BCUT2D eigenvalue weighted by Crippen LogP contribution is 2.15. The van der Waals surface area contributed by atoms with Crippen LogP contribution in [-0.4, -0.2) is 36.9 Å². The van der Waals surface area contributed by atoms with Crippen molar-refractivity contribution in [1.82, 2.24) is 4.90 Å². The Hall–Kier alpha value is -1.34. The number of hydrogen-bond donors (Lipinski definition) is 1. The summed E-state index contributed by atoms with van der Waals surface area (Å²) in [6.07, 6.45) is 0.797. The maximum absolute atomic E-state index is 11.9. The number of carbonyl (C=O) groups is 1. The van der Waals surface area contributed by atoms with Gasteiger partial charge in [0.1, 0.15) is 0 Å². The number of rotatable bonds is 5. The van der Waals surface area contributed by atoms with Crippen LogP contribution in [0.5, 0.6) is 0 Å². The molecule has 0 radical (unpaired) electrons. The van der Waals surface area contributed by atoms with Crippen LogP contribution in [0.1, 0.15) is 30.8 Å². The van der Waals surface area contributed by atoms with Crippen molar-refractivity contribution in [2.24, 2.45) is 0 Å². The molecule has 0 spiro atoms. The molecule has 6 nitrogen and oxygen atoms in total. The molecular formula is C10H15NO5S. The van der Waals surface area contributed by atoms with Gasteiger partial charge in [0.2, 0.25) is 5.09 Å². The van der Waals surface area contributed by atoms with Crippen molar-refractivity contribution in [3.63, 3.8) is 0 Å². The van der Waals surface area contributed by atoms with Crippen molar-refractivity contribution in [2.75, 3.05) is 13.1 Å². The second-order valence-electron chi connectivity index (χ2n) is 3.48. The molecule has 1 aromatic heterocycles.